The first-order valence-corrected chi connectivity index (χ1v) is 15.2. The van der Waals surface area contributed by atoms with Gasteiger partial charge < -0.3 is 24.8 Å². The van der Waals surface area contributed by atoms with E-state index in [1.165, 1.54) is 5.56 Å². The zero-order chi connectivity index (χ0) is 31.8. The fourth-order valence-corrected chi connectivity index (χ4v) is 5.29. The third-order valence-corrected chi connectivity index (χ3v) is 7.81. The minimum atomic E-state index is -0.965. The van der Waals surface area contributed by atoms with E-state index < -0.39 is 5.97 Å². The van der Waals surface area contributed by atoms with Gasteiger partial charge in [0.2, 0.25) is 5.91 Å². The maximum atomic E-state index is 13.4. The van der Waals surface area contributed by atoms with Gasteiger partial charge >= 0.3 is 5.97 Å². The molecule has 10 nitrogen and oxygen atoms in total. The van der Waals surface area contributed by atoms with Crippen molar-refractivity contribution in [3.8, 4) is 22.6 Å². The Balaban J connectivity index is 1.25. The van der Waals surface area contributed by atoms with Crippen LogP contribution in [-0.2, 0) is 16.1 Å². The Labute approximate surface area is 262 Å². The first-order chi connectivity index (χ1) is 21.8. The van der Waals surface area contributed by atoms with E-state index in [0.29, 0.717) is 50.5 Å². The molecule has 1 aromatic heterocycles. The minimum Gasteiger partial charge on any atom is -0.493 e. The molecule has 0 bridgehead atoms. The molecule has 0 saturated heterocycles. The second kappa shape index (κ2) is 14.6. The lowest BCUT2D eigenvalue weighted by Crippen LogP contribution is -2.31. The van der Waals surface area contributed by atoms with Gasteiger partial charge in [-0.1, -0.05) is 36.4 Å². The highest BCUT2D eigenvalue weighted by atomic mass is 16.5. The van der Waals surface area contributed by atoms with E-state index in [-0.39, 0.29) is 24.8 Å². The predicted octanol–water partition coefficient (Wildman–Crippen LogP) is 5.39. The summed E-state index contributed by atoms with van der Waals surface area (Å²) in [6.07, 6.45) is 5.24. The van der Waals surface area contributed by atoms with Crippen molar-refractivity contribution in [2.45, 2.75) is 46.1 Å². The van der Waals surface area contributed by atoms with Crippen molar-refractivity contribution in [2.75, 3.05) is 31.2 Å². The van der Waals surface area contributed by atoms with Crippen LogP contribution in [-0.4, -0.2) is 59.0 Å². The van der Waals surface area contributed by atoms with Crippen molar-refractivity contribution < 1.29 is 29.0 Å². The molecular formula is C35H38N4O6. The van der Waals surface area contributed by atoms with Gasteiger partial charge in [-0.25, -0.2) is 0 Å². The number of nitrogens with one attached hydrogen (secondary N) is 1. The van der Waals surface area contributed by atoms with E-state index in [2.05, 4.69) is 23.4 Å². The van der Waals surface area contributed by atoms with Crippen LogP contribution in [0.1, 0.15) is 52.7 Å². The monoisotopic (exact) mass is 610 g/mol. The van der Waals surface area contributed by atoms with Gasteiger partial charge in [0.05, 0.1) is 38.1 Å². The Kier molecular flexibility index (Phi) is 10.1. The summed E-state index contributed by atoms with van der Waals surface area (Å²) in [5.74, 6) is 0.262. The number of amides is 2. The molecule has 0 aliphatic carbocycles. The summed E-state index contributed by atoms with van der Waals surface area (Å²) in [5.41, 5.74) is 6.07. The number of hydrogen-bond acceptors (Lipinski definition) is 6. The summed E-state index contributed by atoms with van der Waals surface area (Å²) in [4.78, 5) is 38.4. The SMILES string of the molecule is Cc1cccc(OCCCC(=O)N2CCCOc3c(-c4cnn(Cc5cccc(C(=O)NCCC(=O)O)c5)c4)cccc32)c1C. The molecule has 0 radical (unpaired) electrons. The number of carboxylic acid groups (broad SMARTS) is 1. The molecule has 0 saturated carbocycles. The van der Waals surface area contributed by atoms with E-state index >= 15 is 0 Å². The molecule has 0 spiro atoms. The molecule has 0 unspecified atom stereocenters. The van der Waals surface area contributed by atoms with Crippen LogP contribution in [0.4, 0.5) is 5.69 Å². The number of fused-ring (bicyclic) bond motifs is 1. The third kappa shape index (κ3) is 7.89. The molecule has 4 aromatic rings. The van der Waals surface area contributed by atoms with E-state index in [0.717, 1.165) is 40.1 Å². The van der Waals surface area contributed by atoms with E-state index in [4.69, 9.17) is 14.6 Å². The zero-order valence-corrected chi connectivity index (χ0v) is 25.6. The summed E-state index contributed by atoms with van der Waals surface area (Å²) in [6.45, 7) is 6.13. The lowest BCUT2D eigenvalue weighted by atomic mass is 10.1. The van der Waals surface area contributed by atoms with Gasteiger partial charge in [-0.2, -0.15) is 5.10 Å². The number of carbonyl (C=O) groups is 3. The lowest BCUT2D eigenvalue weighted by Gasteiger charge is -2.23. The molecule has 45 heavy (non-hydrogen) atoms. The highest BCUT2D eigenvalue weighted by Gasteiger charge is 2.25. The first-order valence-electron chi connectivity index (χ1n) is 15.2. The zero-order valence-electron chi connectivity index (χ0n) is 25.6. The van der Waals surface area contributed by atoms with Crippen molar-refractivity contribution in [3.05, 3.63) is 95.3 Å². The highest BCUT2D eigenvalue weighted by Crippen LogP contribution is 2.40. The molecule has 1 aliphatic heterocycles. The Hall–Kier alpha value is -5.12. The smallest absolute Gasteiger partial charge is 0.305 e. The summed E-state index contributed by atoms with van der Waals surface area (Å²) in [5, 5.41) is 16.0. The molecule has 2 N–H and O–H groups in total. The predicted molar refractivity (Wildman–Crippen MR) is 171 cm³/mol. The molecule has 1 aliphatic rings. The van der Waals surface area contributed by atoms with Crippen LogP contribution < -0.4 is 19.7 Å². The molecule has 3 aromatic carbocycles. The van der Waals surface area contributed by atoms with Gasteiger partial charge in [0.25, 0.3) is 5.91 Å². The fraction of sp³-hybridized carbons (Fsp3) is 0.314. The second-order valence-corrected chi connectivity index (χ2v) is 11.1. The van der Waals surface area contributed by atoms with E-state index in [1.807, 2.05) is 54.4 Å². The van der Waals surface area contributed by atoms with E-state index in [1.54, 1.807) is 29.1 Å². The molecule has 0 fully saturated rings. The van der Waals surface area contributed by atoms with Crippen LogP contribution >= 0.6 is 0 Å². The number of ether oxygens (including phenoxy) is 2. The van der Waals surface area contributed by atoms with Crippen molar-refractivity contribution >= 4 is 23.5 Å². The number of aryl methyl sites for hydroxylation is 1. The van der Waals surface area contributed by atoms with Crippen LogP contribution in [0.25, 0.3) is 11.1 Å². The van der Waals surface area contributed by atoms with Gasteiger partial charge in [0.15, 0.2) is 5.75 Å². The number of carboxylic acids is 1. The number of nitrogens with zero attached hydrogens (tertiary/aromatic N) is 3. The van der Waals surface area contributed by atoms with Crippen LogP contribution in [0.5, 0.6) is 11.5 Å². The topological polar surface area (TPSA) is 123 Å². The molecule has 0 atom stereocenters. The van der Waals surface area contributed by atoms with Gasteiger partial charge in [-0.05, 0) is 67.6 Å². The number of para-hydroxylation sites is 1. The molecule has 234 valence electrons. The van der Waals surface area contributed by atoms with Crippen molar-refractivity contribution in [1.29, 1.82) is 0 Å². The number of anilines is 1. The number of aliphatic carboxylic acids is 1. The average molecular weight is 611 g/mol. The summed E-state index contributed by atoms with van der Waals surface area (Å²) >= 11 is 0. The summed E-state index contributed by atoms with van der Waals surface area (Å²) in [7, 11) is 0. The van der Waals surface area contributed by atoms with Crippen LogP contribution in [0.3, 0.4) is 0 Å². The number of carbonyl (C=O) groups excluding carboxylic acids is 2. The number of aromatic nitrogens is 2. The average Bonchev–Trinajstić information content (AvgIpc) is 3.37. The van der Waals surface area contributed by atoms with Gasteiger partial charge in [0, 0.05) is 42.4 Å². The second-order valence-electron chi connectivity index (χ2n) is 11.1. The third-order valence-electron chi connectivity index (χ3n) is 7.81. The van der Waals surface area contributed by atoms with Crippen LogP contribution in [0.2, 0.25) is 0 Å². The van der Waals surface area contributed by atoms with Gasteiger partial charge in [-0.15, -0.1) is 0 Å². The Morgan fingerprint density at radius 3 is 2.71 bits per heavy atom. The van der Waals surface area contributed by atoms with Gasteiger partial charge in [-0.3, -0.25) is 19.1 Å². The molecular weight excluding hydrogens is 572 g/mol. The standard InChI is InChI=1S/C35H38N4O6/c1-24-8-3-13-31(25(24)2)44-18-6-14-32(40)39-17-7-19-45-34-29(11-5-12-30(34)39)28-21-37-38(23-28)22-26-9-4-10-27(20-26)35(43)36-16-15-33(41)42/h3-5,8-13,20-21,23H,6-7,14-19,22H2,1-2H3,(H,36,43)(H,41,42). The fourth-order valence-electron chi connectivity index (χ4n) is 5.29. The Bertz CT molecular complexity index is 1680. The summed E-state index contributed by atoms with van der Waals surface area (Å²) in [6, 6.07) is 19.0. The quantitative estimate of drug-likeness (QED) is 0.206. The van der Waals surface area contributed by atoms with Crippen molar-refractivity contribution in [3.63, 3.8) is 0 Å². The Morgan fingerprint density at radius 2 is 1.87 bits per heavy atom. The van der Waals surface area contributed by atoms with Crippen molar-refractivity contribution in [1.82, 2.24) is 15.1 Å². The molecule has 2 heterocycles. The van der Waals surface area contributed by atoms with Crippen molar-refractivity contribution in [2.24, 2.45) is 0 Å². The van der Waals surface area contributed by atoms with Crippen LogP contribution in [0.15, 0.2) is 73.1 Å². The lowest BCUT2D eigenvalue weighted by molar-refractivity contribution is -0.136. The minimum absolute atomic E-state index is 0.0334. The highest BCUT2D eigenvalue weighted by molar-refractivity contribution is 5.97. The summed E-state index contributed by atoms with van der Waals surface area (Å²) < 4.78 is 14.0. The maximum Gasteiger partial charge on any atom is 0.305 e. The molecule has 5 rings (SSSR count). The van der Waals surface area contributed by atoms with E-state index in [9.17, 15) is 14.4 Å². The number of benzene rings is 3. The van der Waals surface area contributed by atoms with Crippen LogP contribution in [0, 0.1) is 13.8 Å². The molecule has 2 amide bonds. The number of rotatable bonds is 12. The molecule has 10 heteroatoms. The largest absolute Gasteiger partial charge is 0.493 e. The van der Waals surface area contributed by atoms with Gasteiger partial charge in [0.1, 0.15) is 5.75 Å². The first kappa shape index (κ1) is 31.3. The normalized spacial score (nSPS) is 12.5. The maximum absolute atomic E-state index is 13.4. The Morgan fingerprint density at radius 1 is 1.04 bits per heavy atom. The number of hydrogen-bond donors (Lipinski definition) is 2.